The van der Waals surface area contributed by atoms with E-state index in [2.05, 4.69) is 110 Å². The van der Waals surface area contributed by atoms with Crippen molar-refractivity contribution in [3.05, 3.63) is 137 Å². The van der Waals surface area contributed by atoms with Gasteiger partial charge in [-0.2, -0.15) is 0 Å². The summed E-state index contributed by atoms with van der Waals surface area (Å²) in [4.78, 5) is 8.84. The van der Waals surface area contributed by atoms with Crippen molar-refractivity contribution in [1.82, 2.24) is 14.8 Å². The van der Waals surface area contributed by atoms with Gasteiger partial charge in [-0.1, -0.05) is 90.5 Å². The van der Waals surface area contributed by atoms with E-state index in [0.29, 0.717) is 5.92 Å². The zero-order valence-electron chi connectivity index (χ0n) is 23.0. The van der Waals surface area contributed by atoms with Crippen LogP contribution in [0.2, 0.25) is 5.02 Å². The SMILES string of the molecule is CN(C)CCC(c1ccc(Cl)cc1)c1ccccn1.CN(C)CCOC(c1ccccc1)c1ccccc1. The van der Waals surface area contributed by atoms with Crippen LogP contribution in [-0.4, -0.2) is 62.7 Å². The molecule has 38 heavy (non-hydrogen) atoms. The third kappa shape index (κ3) is 10.0. The minimum absolute atomic E-state index is 0.0161. The van der Waals surface area contributed by atoms with E-state index in [1.54, 1.807) is 0 Å². The minimum atomic E-state index is 0.0161. The fourth-order valence-corrected chi connectivity index (χ4v) is 4.27. The molecule has 1 heterocycles. The zero-order valence-corrected chi connectivity index (χ0v) is 23.8. The van der Waals surface area contributed by atoms with Gasteiger partial charge in [-0.3, -0.25) is 4.98 Å². The Morgan fingerprint density at radius 2 is 1.21 bits per heavy atom. The van der Waals surface area contributed by atoms with Gasteiger partial charge in [-0.15, -0.1) is 0 Å². The van der Waals surface area contributed by atoms with E-state index in [0.717, 1.165) is 36.8 Å². The van der Waals surface area contributed by atoms with E-state index in [4.69, 9.17) is 16.3 Å². The molecule has 1 atom stereocenters. The van der Waals surface area contributed by atoms with E-state index in [-0.39, 0.29) is 6.10 Å². The van der Waals surface area contributed by atoms with Gasteiger partial charge < -0.3 is 14.5 Å². The van der Waals surface area contributed by atoms with Gasteiger partial charge in [0.25, 0.3) is 0 Å². The third-order valence-electron chi connectivity index (χ3n) is 6.21. The lowest BCUT2D eigenvalue weighted by Gasteiger charge is -2.20. The maximum atomic E-state index is 6.08. The Morgan fingerprint density at radius 1 is 0.658 bits per heavy atom. The smallest absolute Gasteiger partial charge is 0.108 e. The lowest BCUT2D eigenvalue weighted by Crippen LogP contribution is -2.20. The molecule has 3 aromatic carbocycles. The van der Waals surface area contributed by atoms with Gasteiger partial charge in [0.05, 0.1) is 6.61 Å². The second kappa shape index (κ2) is 16.1. The number of hydrogen-bond acceptors (Lipinski definition) is 4. The van der Waals surface area contributed by atoms with Crippen LogP contribution >= 0.6 is 11.6 Å². The first-order valence-electron chi connectivity index (χ1n) is 13.1. The summed E-state index contributed by atoms with van der Waals surface area (Å²) in [5.41, 5.74) is 4.79. The molecule has 0 bridgehead atoms. The number of benzene rings is 3. The fraction of sp³-hybridized carbons (Fsp3) is 0.303. The second-order valence-electron chi connectivity index (χ2n) is 9.83. The first kappa shape index (κ1) is 29.5. The van der Waals surface area contributed by atoms with Crippen molar-refractivity contribution >= 4 is 11.6 Å². The standard InChI is InChI=1S/C17H21NO.C16H19ClN2/c1-18(2)13-14-19-17(15-9-5-3-6-10-15)16-11-7-4-8-12-16;1-19(2)12-10-15(16-5-3-4-11-18-16)13-6-8-14(17)9-7-13/h3-12,17H,13-14H2,1-2H3;3-9,11,15H,10,12H2,1-2H3. The van der Waals surface area contributed by atoms with Crippen molar-refractivity contribution < 1.29 is 4.74 Å². The summed E-state index contributed by atoms with van der Waals surface area (Å²) < 4.78 is 6.08. The van der Waals surface area contributed by atoms with Gasteiger partial charge in [-0.25, -0.2) is 0 Å². The maximum Gasteiger partial charge on any atom is 0.108 e. The van der Waals surface area contributed by atoms with Crippen LogP contribution in [0.15, 0.2) is 109 Å². The normalized spacial score (nSPS) is 11.9. The lowest BCUT2D eigenvalue weighted by atomic mass is 9.92. The molecule has 5 heteroatoms. The van der Waals surface area contributed by atoms with Crippen LogP contribution < -0.4 is 0 Å². The Bertz CT molecular complexity index is 1110. The van der Waals surface area contributed by atoms with Gasteiger partial charge in [0, 0.05) is 29.4 Å². The summed E-state index contributed by atoms with van der Waals surface area (Å²) in [6.07, 6.45) is 2.92. The Kier molecular flexibility index (Phi) is 12.5. The van der Waals surface area contributed by atoms with Gasteiger partial charge in [0.15, 0.2) is 0 Å². The molecule has 0 N–H and O–H groups in total. The highest BCUT2D eigenvalue weighted by atomic mass is 35.5. The molecular weight excluding hydrogens is 490 g/mol. The van der Waals surface area contributed by atoms with Gasteiger partial charge >= 0.3 is 0 Å². The molecule has 0 saturated heterocycles. The average Bonchev–Trinajstić information content (AvgIpc) is 2.94. The van der Waals surface area contributed by atoms with Crippen molar-refractivity contribution in [3.63, 3.8) is 0 Å². The number of pyridine rings is 1. The van der Waals surface area contributed by atoms with Crippen molar-refractivity contribution in [1.29, 1.82) is 0 Å². The largest absolute Gasteiger partial charge is 0.367 e. The number of aromatic nitrogens is 1. The van der Waals surface area contributed by atoms with Crippen LogP contribution in [0.5, 0.6) is 0 Å². The Morgan fingerprint density at radius 3 is 1.71 bits per heavy atom. The summed E-state index contributed by atoms with van der Waals surface area (Å²) in [6.45, 7) is 2.68. The van der Waals surface area contributed by atoms with Crippen LogP contribution in [0.25, 0.3) is 0 Å². The molecule has 1 unspecified atom stereocenters. The Balaban J connectivity index is 0.000000211. The number of ether oxygens (including phenoxy) is 1. The summed E-state index contributed by atoms with van der Waals surface area (Å²) in [5, 5.41) is 0.774. The minimum Gasteiger partial charge on any atom is -0.367 e. The molecule has 0 fully saturated rings. The molecule has 0 aliphatic rings. The number of hydrogen-bond donors (Lipinski definition) is 0. The number of likely N-dealkylation sites (N-methyl/N-ethyl adjacent to an activating group) is 1. The topological polar surface area (TPSA) is 28.6 Å². The molecule has 4 nitrogen and oxygen atoms in total. The Labute approximate surface area is 233 Å². The molecule has 0 saturated carbocycles. The van der Waals surface area contributed by atoms with Crippen molar-refractivity contribution in [2.75, 3.05) is 47.9 Å². The molecule has 1 aromatic heterocycles. The molecular formula is C33H40ClN3O. The van der Waals surface area contributed by atoms with Crippen molar-refractivity contribution in [2.24, 2.45) is 0 Å². The van der Waals surface area contributed by atoms with Crippen molar-refractivity contribution in [2.45, 2.75) is 18.4 Å². The molecule has 0 amide bonds. The van der Waals surface area contributed by atoms with E-state index < -0.39 is 0 Å². The van der Waals surface area contributed by atoms with Crippen LogP contribution in [0, 0.1) is 0 Å². The Hall–Kier alpha value is -3.02. The fourth-order valence-electron chi connectivity index (χ4n) is 4.14. The van der Waals surface area contributed by atoms with Crippen LogP contribution in [-0.2, 0) is 4.74 Å². The number of rotatable bonds is 11. The van der Waals surface area contributed by atoms with Crippen LogP contribution in [0.4, 0.5) is 0 Å². The zero-order chi connectivity index (χ0) is 27.2. The highest BCUT2D eigenvalue weighted by Gasteiger charge is 2.16. The summed E-state index contributed by atoms with van der Waals surface area (Å²) in [5.74, 6) is 0.320. The molecule has 200 valence electrons. The van der Waals surface area contributed by atoms with E-state index in [1.165, 1.54) is 16.7 Å². The molecule has 4 aromatic rings. The second-order valence-corrected chi connectivity index (χ2v) is 10.3. The predicted molar refractivity (Wildman–Crippen MR) is 160 cm³/mol. The maximum absolute atomic E-state index is 6.08. The molecule has 0 aliphatic carbocycles. The molecule has 0 aliphatic heterocycles. The average molecular weight is 530 g/mol. The van der Waals surface area contributed by atoms with Gasteiger partial charge in [0.1, 0.15) is 6.10 Å². The first-order valence-corrected chi connectivity index (χ1v) is 13.5. The molecule has 4 rings (SSSR count). The molecule has 0 spiro atoms. The van der Waals surface area contributed by atoms with E-state index >= 15 is 0 Å². The molecule has 0 radical (unpaired) electrons. The third-order valence-corrected chi connectivity index (χ3v) is 6.46. The quantitative estimate of drug-likeness (QED) is 0.206. The van der Waals surface area contributed by atoms with Crippen LogP contribution in [0.1, 0.15) is 40.8 Å². The first-order chi connectivity index (χ1) is 18.4. The summed E-state index contributed by atoms with van der Waals surface area (Å²) in [7, 11) is 8.31. The van der Waals surface area contributed by atoms with Crippen LogP contribution in [0.3, 0.4) is 0 Å². The summed E-state index contributed by atoms with van der Waals surface area (Å²) >= 11 is 5.97. The van der Waals surface area contributed by atoms with Gasteiger partial charge in [0.2, 0.25) is 0 Å². The van der Waals surface area contributed by atoms with Crippen molar-refractivity contribution in [3.8, 4) is 0 Å². The highest BCUT2D eigenvalue weighted by molar-refractivity contribution is 6.30. The predicted octanol–water partition coefficient (Wildman–Crippen LogP) is 7.17. The van der Waals surface area contributed by atoms with Gasteiger partial charge in [-0.05, 0) is 82.1 Å². The number of nitrogens with zero attached hydrogens (tertiary/aromatic N) is 3. The monoisotopic (exact) mass is 529 g/mol. The summed E-state index contributed by atoms with van der Waals surface area (Å²) in [6, 6.07) is 34.9. The van der Waals surface area contributed by atoms with E-state index in [1.807, 2.05) is 42.6 Å². The number of halogens is 1. The van der Waals surface area contributed by atoms with E-state index in [9.17, 15) is 0 Å². The highest BCUT2D eigenvalue weighted by Crippen LogP contribution is 2.28. The lowest BCUT2D eigenvalue weighted by molar-refractivity contribution is 0.0687.